The summed E-state index contributed by atoms with van der Waals surface area (Å²) in [5.41, 5.74) is 6.37. The predicted octanol–water partition coefficient (Wildman–Crippen LogP) is -0.0264. The Morgan fingerprint density at radius 3 is 2.67 bits per heavy atom. The molecule has 0 saturated carbocycles. The van der Waals surface area contributed by atoms with Crippen LogP contribution in [-0.4, -0.2) is 18.2 Å². The molecule has 18 heavy (non-hydrogen) atoms. The number of nitrogen functional groups attached to an aromatic ring is 1. The van der Waals surface area contributed by atoms with Crippen LogP contribution in [0.4, 0.5) is 5.69 Å². The lowest BCUT2D eigenvalue weighted by atomic mass is 10.2. The normalized spacial score (nSPS) is 11.1. The molecule has 0 atom stereocenters. The van der Waals surface area contributed by atoms with Gasteiger partial charge in [0.05, 0.1) is 17.4 Å². The second-order valence-electron chi connectivity index (χ2n) is 3.52. The molecule has 7 nitrogen and oxygen atoms in total. The number of hydrogen-bond acceptors (Lipinski definition) is 5. The zero-order valence-electron chi connectivity index (χ0n) is 9.11. The van der Waals surface area contributed by atoms with Gasteiger partial charge in [0.1, 0.15) is 16.7 Å². The minimum absolute atomic E-state index is 0.140. The van der Waals surface area contributed by atoms with Gasteiger partial charge in [-0.25, -0.2) is 18.2 Å². The molecule has 0 bridgehead atoms. The van der Waals surface area contributed by atoms with Crippen LogP contribution in [0, 0.1) is 11.3 Å². The summed E-state index contributed by atoms with van der Waals surface area (Å²) >= 11 is 0. The molecular formula is C10H9N5O2S. The topological polar surface area (TPSA) is 128 Å². The Hall–Kier alpha value is -2.37. The van der Waals surface area contributed by atoms with Crippen molar-refractivity contribution in [3.63, 3.8) is 0 Å². The quantitative estimate of drug-likeness (QED) is 0.735. The van der Waals surface area contributed by atoms with Gasteiger partial charge in [-0.3, -0.25) is 0 Å². The largest absolute Gasteiger partial charge is 0.397 e. The van der Waals surface area contributed by atoms with Crippen molar-refractivity contribution in [3.05, 3.63) is 36.2 Å². The van der Waals surface area contributed by atoms with Crippen LogP contribution >= 0.6 is 0 Å². The van der Waals surface area contributed by atoms with Gasteiger partial charge in [-0.1, -0.05) is 6.07 Å². The van der Waals surface area contributed by atoms with Crippen LogP contribution in [0.15, 0.2) is 35.5 Å². The van der Waals surface area contributed by atoms with Crippen LogP contribution in [0.25, 0.3) is 5.69 Å². The van der Waals surface area contributed by atoms with Gasteiger partial charge in [0, 0.05) is 6.20 Å². The first kappa shape index (κ1) is 12.1. The molecule has 4 N–H and O–H groups in total. The van der Waals surface area contributed by atoms with E-state index in [2.05, 4.69) is 5.10 Å². The molecule has 0 spiro atoms. The molecule has 2 rings (SSSR count). The van der Waals surface area contributed by atoms with Crippen molar-refractivity contribution in [2.45, 2.75) is 4.90 Å². The predicted molar refractivity (Wildman–Crippen MR) is 64.1 cm³/mol. The number of nitrogens with zero attached hydrogens (tertiary/aromatic N) is 3. The second-order valence-corrected chi connectivity index (χ2v) is 5.05. The summed E-state index contributed by atoms with van der Waals surface area (Å²) in [5, 5.41) is 17.7. The fourth-order valence-electron chi connectivity index (χ4n) is 1.52. The van der Waals surface area contributed by atoms with E-state index in [-0.39, 0.29) is 16.3 Å². The number of nitriles is 1. The molecule has 0 unspecified atom stereocenters. The van der Waals surface area contributed by atoms with E-state index in [1.54, 1.807) is 0 Å². The molecule has 0 amide bonds. The van der Waals surface area contributed by atoms with Gasteiger partial charge in [0.25, 0.3) is 0 Å². The van der Waals surface area contributed by atoms with E-state index < -0.39 is 10.0 Å². The number of hydrogen-bond donors (Lipinski definition) is 2. The van der Waals surface area contributed by atoms with E-state index in [0.717, 1.165) is 0 Å². The van der Waals surface area contributed by atoms with Gasteiger partial charge in [-0.15, -0.1) is 0 Å². The smallest absolute Gasteiger partial charge is 0.240 e. The molecule has 0 aliphatic carbocycles. The van der Waals surface area contributed by atoms with E-state index in [4.69, 9.17) is 16.1 Å². The first-order valence-corrected chi connectivity index (χ1v) is 6.34. The van der Waals surface area contributed by atoms with E-state index in [0.29, 0.717) is 5.56 Å². The van der Waals surface area contributed by atoms with Gasteiger partial charge in [0.15, 0.2) is 0 Å². The van der Waals surface area contributed by atoms with Gasteiger partial charge < -0.3 is 5.73 Å². The second kappa shape index (κ2) is 4.14. The number of sulfonamides is 1. The van der Waals surface area contributed by atoms with Gasteiger partial charge in [0.2, 0.25) is 10.0 Å². The van der Waals surface area contributed by atoms with Crippen LogP contribution < -0.4 is 10.9 Å². The SMILES string of the molecule is N#Cc1cnn(-c2c(N)cccc2S(N)(=O)=O)c1. The first-order valence-electron chi connectivity index (χ1n) is 4.80. The van der Waals surface area contributed by atoms with Crippen LogP contribution in [-0.2, 0) is 10.0 Å². The van der Waals surface area contributed by atoms with E-state index in [1.165, 1.54) is 35.3 Å². The maximum absolute atomic E-state index is 11.5. The molecule has 0 saturated heterocycles. The van der Waals surface area contributed by atoms with Gasteiger partial charge >= 0.3 is 0 Å². The highest BCUT2D eigenvalue weighted by Crippen LogP contribution is 2.24. The fourth-order valence-corrected chi connectivity index (χ4v) is 2.27. The summed E-state index contributed by atoms with van der Waals surface area (Å²) in [6.45, 7) is 0. The molecule has 0 radical (unpaired) electrons. The summed E-state index contributed by atoms with van der Waals surface area (Å²) in [6.07, 6.45) is 2.68. The Labute approximate surface area is 103 Å². The highest BCUT2D eigenvalue weighted by molar-refractivity contribution is 7.89. The van der Waals surface area contributed by atoms with Crippen LogP contribution in [0.2, 0.25) is 0 Å². The highest BCUT2D eigenvalue weighted by atomic mass is 32.2. The average molecular weight is 263 g/mol. The molecule has 92 valence electrons. The van der Waals surface area contributed by atoms with Crippen molar-refractivity contribution in [2.24, 2.45) is 5.14 Å². The maximum Gasteiger partial charge on any atom is 0.240 e. The van der Waals surface area contributed by atoms with Crippen LogP contribution in [0.3, 0.4) is 0 Å². The highest BCUT2D eigenvalue weighted by Gasteiger charge is 2.18. The number of primary sulfonamides is 1. The van der Waals surface area contributed by atoms with Crippen molar-refractivity contribution in [1.82, 2.24) is 9.78 Å². The molecule has 1 aromatic carbocycles. The fraction of sp³-hybridized carbons (Fsp3) is 0. The Morgan fingerprint density at radius 2 is 2.11 bits per heavy atom. The van der Waals surface area contributed by atoms with E-state index >= 15 is 0 Å². The number of rotatable bonds is 2. The molecule has 8 heteroatoms. The van der Waals surface area contributed by atoms with E-state index in [1.807, 2.05) is 6.07 Å². The average Bonchev–Trinajstić information content (AvgIpc) is 2.75. The monoisotopic (exact) mass is 263 g/mol. The lowest BCUT2D eigenvalue weighted by Crippen LogP contribution is -2.16. The van der Waals surface area contributed by atoms with Gasteiger partial charge in [-0.2, -0.15) is 10.4 Å². The Bertz CT molecular complexity index is 742. The standard InChI is InChI=1S/C10H9N5O2S/c11-4-7-5-14-15(6-7)10-8(12)2-1-3-9(10)18(13,16)17/h1-3,5-6H,12H2,(H2,13,16,17). The molecule has 1 heterocycles. The minimum atomic E-state index is -3.93. The molecule has 0 fully saturated rings. The first-order chi connectivity index (χ1) is 8.43. The maximum atomic E-state index is 11.5. The summed E-state index contributed by atoms with van der Waals surface area (Å²) in [7, 11) is -3.93. The number of para-hydroxylation sites is 1. The van der Waals surface area contributed by atoms with Crippen molar-refractivity contribution in [1.29, 1.82) is 5.26 Å². The van der Waals surface area contributed by atoms with Crippen molar-refractivity contribution in [2.75, 3.05) is 5.73 Å². The zero-order chi connectivity index (χ0) is 13.3. The zero-order valence-corrected chi connectivity index (χ0v) is 9.92. The Morgan fingerprint density at radius 1 is 1.39 bits per heavy atom. The third-order valence-electron chi connectivity index (χ3n) is 2.28. The van der Waals surface area contributed by atoms with Crippen LogP contribution in [0.1, 0.15) is 5.56 Å². The number of benzene rings is 1. The molecule has 1 aromatic heterocycles. The molecular weight excluding hydrogens is 254 g/mol. The van der Waals surface area contributed by atoms with Crippen molar-refractivity contribution >= 4 is 15.7 Å². The number of aromatic nitrogens is 2. The minimum Gasteiger partial charge on any atom is -0.397 e. The molecule has 0 aliphatic rings. The Kier molecular flexibility index (Phi) is 2.78. The van der Waals surface area contributed by atoms with E-state index in [9.17, 15) is 8.42 Å². The van der Waals surface area contributed by atoms with Crippen molar-refractivity contribution in [3.8, 4) is 11.8 Å². The summed E-state index contributed by atoms with van der Waals surface area (Å²) < 4.78 is 24.2. The molecule has 0 aliphatic heterocycles. The number of nitrogens with two attached hydrogens (primary N) is 2. The third kappa shape index (κ3) is 2.04. The van der Waals surface area contributed by atoms with Crippen LogP contribution in [0.5, 0.6) is 0 Å². The van der Waals surface area contributed by atoms with Gasteiger partial charge in [-0.05, 0) is 12.1 Å². The lowest BCUT2D eigenvalue weighted by molar-refractivity contribution is 0.596. The third-order valence-corrected chi connectivity index (χ3v) is 3.22. The number of anilines is 1. The Balaban J connectivity index is 2.75. The summed E-state index contributed by atoms with van der Waals surface area (Å²) in [6, 6.07) is 6.22. The van der Waals surface area contributed by atoms with Crippen molar-refractivity contribution < 1.29 is 8.42 Å². The lowest BCUT2D eigenvalue weighted by Gasteiger charge is -2.10. The molecule has 2 aromatic rings. The summed E-state index contributed by atoms with van der Waals surface area (Å²) in [4.78, 5) is -0.143. The summed E-state index contributed by atoms with van der Waals surface area (Å²) in [5.74, 6) is 0.